The molecule has 0 aliphatic carbocycles. The minimum atomic E-state index is 1.06. The number of rotatable bonds is 2. The molecule has 0 aromatic heterocycles. The highest BCUT2D eigenvalue weighted by molar-refractivity contribution is 9.11. The number of hydrogen-bond acceptors (Lipinski definition) is 0. The van der Waals surface area contributed by atoms with Crippen LogP contribution in [0.4, 0.5) is 0 Å². The topological polar surface area (TPSA) is 0 Å². The van der Waals surface area contributed by atoms with Crippen LogP contribution in [0.3, 0.4) is 0 Å². The van der Waals surface area contributed by atoms with Gasteiger partial charge in [0, 0.05) is 17.9 Å². The zero-order valence-electron chi connectivity index (χ0n) is 15.6. The van der Waals surface area contributed by atoms with Crippen LogP contribution >= 0.6 is 63.7 Å². The Morgan fingerprint density at radius 3 is 0.900 bits per heavy atom. The summed E-state index contributed by atoms with van der Waals surface area (Å²) in [5.41, 5.74) is 4.87. The summed E-state index contributed by atoms with van der Waals surface area (Å²) in [5, 5.41) is 4.97. The van der Waals surface area contributed by atoms with E-state index in [0.29, 0.717) is 0 Å². The summed E-state index contributed by atoms with van der Waals surface area (Å²) in [4.78, 5) is 0. The first-order valence-electron chi connectivity index (χ1n) is 9.37. The standard InChI is InChI=1S/C26H14Br4/c27-17-9-15(10-18(28)13-17)25-21-5-1-2-6-22(21)26(24-8-4-3-7-23(24)25)16-11-19(29)14-20(30)12-16/h1-14H. The van der Waals surface area contributed by atoms with Gasteiger partial charge >= 0.3 is 0 Å². The van der Waals surface area contributed by atoms with Gasteiger partial charge in [0.1, 0.15) is 0 Å². The van der Waals surface area contributed by atoms with Crippen molar-refractivity contribution in [3.05, 3.63) is 103 Å². The van der Waals surface area contributed by atoms with E-state index in [2.05, 4.69) is 149 Å². The van der Waals surface area contributed by atoms with Crippen molar-refractivity contribution < 1.29 is 0 Å². The lowest BCUT2D eigenvalue weighted by Crippen LogP contribution is -1.91. The van der Waals surface area contributed by atoms with Gasteiger partial charge in [0.2, 0.25) is 0 Å². The summed E-state index contributed by atoms with van der Waals surface area (Å²) in [7, 11) is 0. The van der Waals surface area contributed by atoms with Crippen molar-refractivity contribution >= 4 is 85.3 Å². The number of benzene rings is 5. The van der Waals surface area contributed by atoms with Crippen LogP contribution in [0, 0.1) is 0 Å². The lowest BCUT2D eigenvalue weighted by molar-refractivity contribution is 1.58. The van der Waals surface area contributed by atoms with Crippen LogP contribution in [0.2, 0.25) is 0 Å². The smallest absolute Gasteiger partial charge is 0.0192 e. The summed E-state index contributed by atoms with van der Waals surface area (Å²) in [6.45, 7) is 0. The molecular formula is C26H14Br4. The molecule has 146 valence electrons. The molecule has 0 heterocycles. The van der Waals surface area contributed by atoms with Crippen LogP contribution in [-0.4, -0.2) is 0 Å². The van der Waals surface area contributed by atoms with Crippen LogP contribution in [0.25, 0.3) is 43.8 Å². The lowest BCUT2D eigenvalue weighted by Gasteiger charge is -2.18. The Bertz CT molecular complexity index is 1230. The minimum absolute atomic E-state index is 1.06. The quantitative estimate of drug-likeness (QED) is 0.168. The maximum atomic E-state index is 3.67. The lowest BCUT2D eigenvalue weighted by atomic mass is 9.86. The molecule has 0 fully saturated rings. The second-order valence-corrected chi connectivity index (χ2v) is 10.8. The normalized spacial score (nSPS) is 11.3. The van der Waals surface area contributed by atoms with E-state index in [9.17, 15) is 0 Å². The first-order chi connectivity index (χ1) is 14.5. The molecule has 4 heteroatoms. The van der Waals surface area contributed by atoms with Gasteiger partial charge in [-0.05, 0) is 80.2 Å². The average molecular weight is 646 g/mol. The number of hydrogen-bond donors (Lipinski definition) is 0. The Labute approximate surface area is 208 Å². The fourth-order valence-electron chi connectivity index (χ4n) is 4.15. The molecule has 0 bridgehead atoms. The van der Waals surface area contributed by atoms with E-state index in [1.54, 1.807) is 0 Å². The number of fused-ring (bicyclic) bond motifs is 2. The van der Waals surface area contributed by atoms with E-state index in [1.807, 2.05) is 0 Å². The maximum Gasteiger partial charge on any atom is 0.0192 e. The largest absolute Gasteiger partial charge is 0.0616 e. The van der Waals surface area contributed by atoms with Gasteiger partial charge in [0.25, 0.3) is 0 Å². The molecule has 0 nitrogen and oxygen atoms in total. The van der Waals surface area contributed by atoms with Crippen molar-refractivity contribution in [1.82, 2.24) is 0 Å². The summed E-state index contributed by atoms with van der Waals surface area (Å²) >= 11 is 14.7. The highest BCUT2D eigenvalue weighted by Gasteiger charge is 2.17. The third-order valence-corrected chi connectivity index (χ3v) is 7.07. The maximum absolute atomic E-state index is 3.67. The third-order valence-electron chi connectivity index (χ3n) is 5.23. The second-order valence-electron chi connectivity index (χ2n) is 7.16. The molecule has 0 spiro atoms. The van der Waals surface area contributed by atoms with E-state index in [-0.39, 0.29) is 0 Å². The highest BCUT2D eigenvalue weighted by Crippen LogP contribution is 2.45. The van der Waals surface area contributed by atoms with Crippen molar-refractivity contribution in [2.75, 3.05) is 0 Å². The summed E-state index contributed by atoms with van der Waals surface area (Å²) in [5.74, 6) is 0. The summed E-state index contributed by atoms with van der Waals surface area (Å²) in [6, 6.07) is 30.3. The molecule has 5 aromatic rings. The van der Waals surface area contributed by atoms with Gasteiger partial charge in [-0.2, -0.15) is 0 Å². The zero-order chi connectivity index (χ0) is 20.8. The zero-order valence-corrected chi connectivity index (χ0v) is 21.9. The Hall–Kier alpha value is -1.46. The van der Waals surface area contributed by atoms with E-state index in [0.717, 1.165) is 17.9 Å². The van der Waals surface area contributed by atoms with Gasteiger partial charge in [-0.15, -0.1) is 0 Å². The molecule has 30 heavy (non-hydrogen) atoms. The van der Waals surface area contributed by atoms with Gasteiger partial charge in [0.15, 0.2) is 0 Å². The molecule has 0 amide bonds. The van der Waals surface area contributed by atoms with Crippen molar-refractivity contribution in [1.29, 1.82) is 0 Å². The van der Waals surface area contributed by atoms with Gasteiger partial charge < -0.3 is 0 Å². The molecule has 0 atom stereocenters. The molecule has 0 saturated carbocycles. The summed E-state index contributed by atoms with van der Waals surface area (Å²) < 4.78 is 4.22. The van der Waals surface area contributed by atoms with Gasteiger partial charge in [-0.1, -0.05) is 112 Å². The van der Waals surface area contributed by atoms with Crippen molar-refractivity contribution in [2.24, 2.45) is 0 Å². The Morgan fingerprint density at radius 1 is 0.367 bits per heavy atom. The highest BCUT2D eigenvalue weighted by atomic mass is 79.9. The molecule has 0 saturated heterocycles. The molecule has 0 aliphatic rings. The summed E-state index contributed by atoms with van der Waals surface area (Å²) in [6.07, 6.45) is 0. The first kappa shape index (κ1) is 20.4. The SMILES string of the molecule is Brc1cc(Br)cc(-c2c3ccccc3c(-c3cc(Br)cc(Br)c3)c3ccccc23)c1. The van der Waals surface area contributed by atoms with Crippen molar-refractivity contribution in [3.8, 4) is 22.3 Å². The van der Waals surface area contributed by atoms with Crippen molar-refractivity contribution in [2.45, 2.75) is 0 Å². The van der Waals surface area contributed by atoms with E-state index >= 15 is 0 Å². The monoisotopic (exact) mass is 642 g/mol. The average Bonchev–Trinajstić information content (AvgIpc) is 2.70. The minimum Gasteiger partial charge on any atom is -0.0616 e. The van der Waals surface area contributed by atoms with Gasteiger partial charge in [-0.3, -0.25) is 0 Å². The molecule has 0 N–H and O–H groups in total. The Morgan fingerprint density at radius 2 is 0.633 bits per heavy atom. The van der Waals surface area contributed by atoms with Crippen LogP contribution in [-0.2, 0) is 0 Å². The molecule has 0 radical (unpaired) electrons. The van der Waals surface area contributed by atoms with E-state index in [1.165, 1.54) is 43.8 Å². The third kappa shape index (κ3) is 3.69. The van der Waals surface area contributed by atoms with Crippen LogP contribution < -0.4 is 0 Å². The van der Waals surface area contributed by atoms with Gasteiger partial charge in [-0.25, -0.2) is 0 Å². The Balaban J connectivity index is 1.99. The van der Waals surface area contributed by atoms with Crippen LogP contribution in [0.5, 0.6) is 0 Å². The predicted molar refractivity (Wildman–Crippen MR) is 143 cm³/mol. The molecular weight excluding hydrogens is 632 g/mol. The fraction of sp³-hybridized carbons (Fsp3) is 0. The van der Waals surface area contributed by atoms with E-state index in [4.69, 9.17) is 0 Å². The molecule has 5 rings (SSSR count). The molecule has 0 unspecified atom stereocenters. The van der Waals surface area contributed by atoms with Crippen LogP contribution in [0.1, 0.15) is 0 Å². The fourth-order valence-corrected chi connectivity index (χ4v) is 6.73. The van der Waals surface area contributed by atoms with Gasteiger partial charge in [0.05, 0.1) is 0 Å². The second kappa shape index (κ2) is 8.23. The Kier molecular flexibility index (Phi) is 5.61. The first-order valence-corrected chi connectivity index (χ1v) is 12.5. The predicted octanol–water partition coefficient (Wildman–Crippen LogP) is 10.4. The van der Waals surface area contributed by atoms with Crippen molar-refractivity contribution in [3.63, 3.8) is 0 Å². The van der Waals surface area contributed by atoms with E-state index < -0.39 is 0 Å². The molecule has 5 aromatic carbocycles. The molecule has 0 aliphatic heterocycles. The van der Waals surface area contributed by atoms with Crippen LogP contribution in [0.15, 0.2) is 103 Å². The number of halogens is 4.